The Morgan fingerprint density at radius 2 is 1.46 bits per heavy atom. The number of rotatable bonds is 8. The number of benzene rings is 4. The lowest BCUT2D eigenvalue weighted by molar-refractivity contribution is 0.0973. The average molecular weight is 544 g/mol. The highest BCUT2D eigenvalue weighted by Crippen LogP contribution is 2.38. The number of nitrogens with one attached hydrogen (secondary N) is 2. The molecule has 9 heteroatoms. The number of carbonyl (C=O) groups is 2. The average Bonchev–Trinajstić information content (AvgIpc) is 2.97. The highest BCUT2D eigenvalue weighted by molar-refractivity contribution is 7.80. The normalized spacial score (nSPS) is 10.5. The van der Waals surface area contributed by atoms with Gasteiger partial charge in [0.05, 0.1) is 27.0 Å². The fourth-order valence-electron chi connectivity index (χ4n) is 4.27. The van der Waals surface area contributed by atoms with Crippen LogP contribution >= 0.6 is 12.2 Å². The summed E-state index contributed by atoms with van der Waals surface area (Å²) in [5, 5.41) is 7.80. The molecule has 0 spiro atoms. The van der Waals surface area contributed by atoms with Crippen LogP contribution in [0.1, 0.15) is 27.6 Å². The van der Waals surface area contributed by atoms with Crippen LogP contribution in [0.2, 0.25) is 0 Å². The van der Waals surface area contributed by atoms with Gasteiger partial charge in [0.1, 0.15) is 0 Å². The summed E-state index contributed by atoms with van der Waals surface area (Å²) in [4.78, 5) is 28.0. The van der Waals surface area contributed by atoms with E-state index < -0.39 is 5.91 Å². The molecule has 8 nitrogen and oxygen atoms in total. The Morgan fingerprint density at radius 3 is 2.08 bits per heavy atom. The Balaban J connectivity index is 1.45. The summed E-state index contributed by atoms with van der Waals surface area (Å²) in [5.41, 5.74) is 2.29. The van der Waals surface area contributed by atoms with Gasteiger partial charge in [-0.05, 0) is 67.0 Å². The minimum Gasteiger partial charge on any atom is -0.493 e. The second kappa shape index (κ2) is 12.3. The zero-order valence-electron chi connectivity index (χ0n) is 22.1. The lowest BCUT2D eigenvalue weighted by atomic mass is 10.1. The van der Waals surface area contributed by atoms with Crippen molar-refractivity contribution in [1.82, 2.24) is 5.32 Å². The molecule has 4 aromatic rings. The van der Waals surface area contributed by atoms with Crippen LogP contribution in [0.15, 0.2) is 78.9 Å². The molecule has 0 heterocycles. The maximum Gasteiger partial charge on any atom is 0.258 e. The van der Waals surface area contributed by atoms with E-state index in [0.717, 1.165) is 16.5 Å². The number of anilines is 2. The van der Waals surface area contributed by atoms with Crippen LogP contribution in [0, 0.1) is 0 Å². The second-order valence-electron chi connectivity index (χ2n) is 8.45. The number of carbonyl (C=O) groups excluding carboxylic acids is 2. The molecule has 0 aliphatic rings. The molecule has 0 aliphatic heterocycles. The largest absolute Gasteiger partial charge is 0.493 e. The number of thiocarbonyl (C=S) groups is 1. The number of fused-ring (bicyclic) bond motifs is 1. The number of nitrogens with zero attached hydrogens (tertiary/aromatic N) is 1. The summed E-state index contributed by atoms with van der Waals surface area (Å²) in [5.74, 6) is 0.524. The van der Waals surface area contributed by atoms with Crippen molar-refractivity contribution in [2.75, 3.05) is 38.1 Å². The molecule has 39 heavy (non-hydrogen) atoms. The van der Waals surface area contributed by atoms with Crippen molar-refractivity contribution in [1.29, 1.82) is 0 Å². The van der Waals surface area contributed by atoms with Crippen molar-refractivity contribution < 1.29 is 23.8 Å². The van der Waals surface area contributed by atoms with Gasteiger partial charge in [-0.1, -0.05) is 36.4 Å². The molecule has 0 unspecified atom stereocenters. The number of hydrogen-bond donors (Lipinski definition) is 2. The van der Waals surface area contributed by atoms with E-state index in [9.17, 15) is 9.59 Å². The molecule has 4 aromatic carbocycles. The third-order valence-electron chi connectivity index (χ3n) is 6.16. The van der Waals surface area contributed by atoms with Crippen molar-refractivity contribution in [2.24, 2.45) is 0 Å². The maximum absolute atomic E-state index is 13.4. The summed E-state index contributed by atoms with van der Waals surface area (Å²) in [6.45, 7) is 2.47. The van der Waals surface area contributed by atoms with Gasteiger partial charge in [-0.15, -0.1) is 0 Å². The molecule has 0 saturated heterocycles. The summed E-state index contributed by atoms with van der Waals surface area (Å²) < 4.78 is 15.9. The Labute approximate surface area is 232 Å². The fourth-order valence-corrected chi connectivity index (χ4v) is 4.48. The lowest BCUT2D eigenvalue weighted by Crippen LogP contribution is -2.34. The van der Waals surface area contributed by atoms with Crippen LogP contribution < -0.4 is 29.7 Å². The van der Waals surface area contributed by atoms with Gasteiger partial charge in [0.25, 0.3) is 11.8 Å². The van der Waals surface area contributed by atoms with Gasteiger partial charge in [0.15, 0.2) is 16.6 Å². The molecule has 4 rings (SSSR count). The van der Waals surface area contributed by atoms with E-state index in [1.807, 2.05) is 49.4 Å². The Bertz CT molecular complexity index is 1490. The van der Waals surface area contributed by atoms with Crippen molar-refractivity contribution in [3.63, 3.8) is 0 Å². The predicted octanol–water partition coefficient (Wildman–Crippen LogP) is 5.66. The van der Waals surface area contributed by atoms with Gasteiger partial charge in [-0.3, -0.25) is 14.9 Å². The monoisotopic (exact) mass is 543 g/mol. The SMILES string of the molecule is CCN(C(=O)c1ccc(NC(=S)NC(=O)c2cc(OC)c(OC)c(OC)c2)cc1)c1cccc2ccccc12. The van der Waals surface area contributed by atoms with E-state index in [-0.39, 0.29) is 16.6 Å². The van der Waals surface area contributed by atoms with Crippen molar-refractivity contribution in [3.05, 3.63) is 90.0 Å². The van der Waals surface area contributed by atoms with Crippen LogP contribution in [-0.2, 0) is 0 Å². The smallest absolute Gasteiger partial charge is 0.258 e. The molecule has 2 N–H and O–H groups in total. The van der Waals surface area contributed by atoms with Gasteiger partial charge < -0.3 is 24.4 Å². The lowest BCUT2D eigenvalue weighted by Gasteiger charge is -2.23. The zero-order valence-corrected chi connectivity index (χ0v) is 22.9. The molecular weight excluding hydrogens is 514 g/mol. The molecular formula is C30H29N3O5S. The predicted molar refractivity (Wildman–Crippen MR) is 158 cm³/mol. The van der Waals surface area contributed by atoms with E-state index in [0.29, 0.717) is 35.0 Å². The standard InChI is InChI=1S/C30H29N3O5S/c1-5-33(24-12-8-10-19-9-6-7-11-23(19)24)29(35)20-13-15-22(16-14-20)31-30(39)32-28(34)21-17-25(36-2)27(38-4)26(18-21)37-3/h6-18H,5H2,1-4H3,(H2,31,32,34,39). The van der Waals surface area contributed by atoms with Crippen molar-refractivity contribution in [3.8, 4) is 17.2 Å². The van der Waals surface area contributed by atoms with Crippen LogP contribution in [0.3, 0.4) is 0 Å². The van der Waals surface area contributed by atoms with E-state index in [1.54, 1.807) is 29.2 Å². The van der Waals surface area contributed by atoms with Crippen molar-refractivity contribution >= 4 is 51.3 Å². The number of amides is 2. The molecule has 0 aliphatic carbocycles. The van der Waals surface area contributed by atoms with Gasteiger partial charge in [-0.25, -0.2) is 0 Å². The first-order valence-corrected chi connectivity index (χ1v) is 12.6. The third kappa shape index (κ3) is 5.94. The van der Waals surface area contributed by atoms with E-state index in [4.69, 9.17) is 26.4 Å². The van der Waals surface area contributed by atoms with Crippen LogP contribution in [-0.4, -0.2) is 44.8 Å². The van der Waals surface area contributed by atoms with Gasteiger partial charge in [-0.2, -0.15) is 0 Å². The number of hydrogen-bond acceptors (Lipinski definition) is 6. The first-order chi connectivity index (χ1) is 18.9. The van der Waals surface area contributed by atoms with E-state index in [1.165, 1.54) is 33.5 Å². The molecule has 0 aromatic heterocycles. The second-order valence-corrected chi connectivity index (χ2v) is 8.86. The zero-order chi connectivity index (χ0) is 27.9. The quantitative estimate of drug-likeness (QED) is 0.277. The van der Waals surface area contributed by atoms with Gasteiger partial charge >= 0.3 is 0 Å². The summed E-state index contributed by atoms with van der Waals surface area (Å²) in [7, 11) is 4.43. The molecule has 0 saturated carbocycles. The molecule has 0 atom stereocenters. The van der Waals surface area contributed by atoms with Crippen LogP contribution in [0.4, 0.5) is 11.4 Å². The topological polar surface area (TPSA) is 89.1 Å². The molecule has 0 bridgehead atoms. The molecule has 2 amide bonds. The van der Waals surface area contributed by atoms with E-state index in [2.05, 4.69) is 10.6 Å². The van der Waals surface area contributed by atoms with Gasteiger partial charge in [0, 0.05) is 28.7 Å². The van der Waals surface area contributed by atoms with Gasteiger partial charge in [0.2, 0.25) is 5.75 Å². The first-order valence-electron chi connectivity index (χ1n) is 12.2. The summed E-state index contributed by atoms with van der Waals surface area (Å²) >= 11 is 5.33. The van der Waals surface area contributed by atoms with Crippen molar-refractivity contribution in [2.45, 2.75) is 6.92 Å². The number of methoxy groups -OCH3 is 3. The van der Waals surface area contributed by atoms with E-state index >= 15 is 0 Å². The third-order valence-corrected chi connectivity index (χ3v) is 6.37. The minimum atomic E-state index is -0.452. The Kier molecular flexibility index (Phi) is 8.63. The Morgan fingerprint density at radius 1 is 0.821 bits per heavy atom. The number of ether oxygens (including phenoxy) is 3. The highest BCUT2D eigenvalue weighted by atomic mass is 32.1. The minimum absolute atomic E-state index is 0.0961. The first kappa shape index (κ1) is 27.4. The molecule has 200 valence electrons. The van der Waals surface area contributed by atoms with Crippen LogP contribution in [0.25, 0.3) is 10.8 Å². The molecule has 0 radical (unpaired) electrons. The molecule has 0 fully saturated rings. The summed E-state index contributed by atoms with van der Waals surface area (Å²) in [6.07, 6.45) is 0. The Hall–Kier alpha value is -4.63. The maximum atomic E-state index is 13.4. The van der Waals surface area contributed by atoms with Crippen LogP contribution in [0.5, 0.6) is 17.2 Å². The fraction of sp³-hybridized carbons (Fsp3) is 0.167. The highest BCUT2D eigenvalue weighted by Gasteiger charge is 2.19. The summed E-state index contributed by atoms with van der Waals surface area (Å²) in [6, 6.07) is 23.9.